The molecule has 0 amide bonds. The number of rotatable bonds is 7. The quantitative estimate of drug-likeness (QED) is 0.823. The first-order chi connectivity index (χ1) is 9.67. The molecule has 0 saturated carbocycles. The first-order valence-corrected chi connectivity index (χ1v) is 7.70. The van der Waals surface area contributed by atoms with Gasteiger partial charge in [0.05, 0.1) is 5.69 Å². The van der Waals surface area contributed by atoms with Crippen LogP contribution in [-0.2, 0) is 6.54 Å². The highest BCUT2D eigenvalue weighted by molar-refractivity contribution is 7.14. The Balaban J connectivity index is 2.00. The molecule has 2 aromatic rings. The van der Waals surface area contributed by atoms with Gasteiger partial charge in [-0.1, -0.05) is 13.0 Å². The summed E-state index contributed by atoms with van der Waals surface area (Å²) in [4.78, 5) is 9.92. The van der Waals surface area contributed by atoms with E-state index < -0.39 is 0 Å². The minimum absolute atomic E-state index is 0.0239. The van der Waals surface area contributed by atoms with E-state index >= 15 is 0 Å². The van der Waals surface area contributed by atoms with Crippen LogP contribution in [0.1, 0.15) is 31.6 Å². The molecule has 0 radical (unpaired) electrons. The fourth-order valence-corrected chi connectivity index (χ4v) is 2.76. The summed E-state index contributed by atoms with van der Waals surface area (Å²) >= 11 is 1.66. The van der Waals surface area contributed by atoms with E-state index in [0.717, 1.165) is 30.1 Å². The van der Waals surface area contributed by atoms with Crippen molar-refractivity contribution in [3.63, 3.8) is 0 Å². The molecule has 1 unspecified atom stereocenters. The van der Waals surface area contributed by atoms with Crippen LogP contribution in [0, 0.1) is 0 Å². The van der Waals surface area contributed by atoms with Crippen molar-refractivity contribution in [1.82, 2.24) is 15.3 Å². The SMILES string of the molecule is CCC(C)(CCO)NCc1cnc(-c2ccccn2)s1. The third-order valence-electron chi connectivity index (χ3n) is 3.57. The lowest BCUT2D eigenvalue weighted by atomic mass is 9.95. The van der Waals surface area contributed by atoms with Crippen LogP contribution in [0.5, 0.6) is 0 Å². The van der Waals surface area contributed by atoms with Gasteiger partial charge < -0.3 is 10.4 Å². The zero-order valence-corrected chi connectivity index (χ0v) is 12.8. The normalized spacial score (nSPS) is 14.2. The lowest BCUT2D eigenvalue weighted by Gasteiger charge is -2.28. The maximum atomic E-state index is 9.12. The summed E-state index contributed by atoms with van der Waals surface area (Å²) in [6.07, 6.45) is 5.43. The highest BCUT2D eigenvalue weighted by Crippen LogP contribution is 2.24. The van der Waals surface area contributed by atoms with Gasteiger partial charge in [0, 0.05) is 36.0 Å². The van der Waals surface area contributed by atoms with Crippen LogP contribution in [0.3, 0.4) is 0 Å². The van der Waals surface area contributed by atoms with Gasteiger partial charge in [-0.2, -0.15) is 0 Å². The van der Waals surface area contributed by atoms with Gasteiger partial charge >= 0.3 is 0 Å². The first kappa shape index (κ1) is 15.1. The van der Waals surface area contributed by atoms with Crippen molar-refractivity contribution in [3.05, 3.63) is 35.5 Å². The summed E-state index contributed by atoms with van der Waals surface area (Å²) in [5.74, 6) is 0. The van der Waals surface area contributed by atoms with E-state index in [0.29, 0.717) is 0 Å². The van der Waals surface area contributed by atoms with Gasteiger partial charge in [0.1, 0.15) is 5.01 Å². The van der Waals surface area contributed by atoms with Crippen LogP contribution >= 0.6 is 11.3 Å². The van der Waals surface area contributed by atoms with Gasteiger partial charge in [0.2, 0.25) is 0 Å². The Labute approximate surface area is 123 Å². The number of nitrogens with one attached hydrogen (secondary N) is 1. The van der Waals surface area contributed by atoms with Crippen molar-refractivity contribution < 1.29 is 5.11 Å². The molecule has 0 fully saturated rings. The van der Waals surface area contributed by atoms with Gasteiger partial charge in [-0.05, 0) is 31.9 Å². The minimum atomic E-state index is -0.0239. The minimum Gasteiger partial charge on any atom is -0.396 e. The number of pyridine rings is 1. The number of thiazole rings is 1. The third-order valence-corrected chi connectivity index (χ3v) is 4.59. The van der Waals surface area contributed by atoms with Crippen LogP contribution in [0.4, 0.5) is 0 Å². The van der Waals surface area contributed by atoms with Gasteiger partial charge in [0.25, 0.3) is 0 Å². The molecule has 2 rings (SSSR count). The molecular formula is C15H21N3OS. The highest BCUT2D eigenvalue weighted by Gasteiger charge is 2.20. The Bertz CT molecular complexity index is 529. The second-order valence-corrected chi connectivity index (χ2v) is 6.20. The predicted octanol–water partition coefficient (Wildman–Crippen LogP) is 2.85. The maximum absolute atomic E-state index is 9.12. The van der Waals surface area contributed by atoms with Gasteiger partial charge in [-0.15, -0.1) is 11.3 Å². The van der Waals surface area contributed by atoms with Crippen LogP contribution in [0.2, 0.25) is 0 Å². The molecule has 0 spiro atoms. The maximum Gasteiger partial charge on any atom is 0.142 e. The molecule has 0 aliphatic heterocycles. The molecule has 0 aromatic carbocycles. The fraction of sp³-hybridized carbons (Fsp3) is 0.467. The monoisotopic (exact) mass is 291 g/mol. The molecule has 0 bridgehead atoms. The van der Waals surface area contributed by atoms with Crippen LogP contribution in [0.15, 0.2) is 30.6 Å². The number of nitrogens with zero attached hydrogens (tertiary/aromatic N) is 2. The number of aliphatic hydroxyl groups excluding tert-OH is 1. The second kappa shape index (κ2) is 6.92. The lowest BCUT2D eigenvalue weighted by molar-refractivity contribution is 0.215. The van der Waals surface area contributed by atoms with Crippen molar-refractivity contribution in [1.29, 1.82) is 0 Å². The lowest BCUT2D eigenvalue weighted by Crippen LogP contribution is -2.41. The van der Waals surface area contributed by atoms with Crippen LogP contribution in [0.25, 0.3) is 10.7 Å². The Morgan fingerprint density at radius 3 is 2.85 bits per heavy atom. The van der Waals surface area contributed by atoms with Crippen molar-refractivity contribution in [2.75, 3.05) is 6.61 Å². The molecule has 5 heteroatoms. The van der Waals surface area contributed by atoms with E-state index in [-0.39, 0.29) is 12.1 Å². The highest BCUT2D eigenvalue weighted by atomic mass is 32.1. The Morgan fingerprint density at radius 2 is 2.20 bits per heavy atom. The first-order valence-electron chi connectivity index (χ1n) is 6.89. The van der Waals surface area contributed by atoms with E-state index in [1.165, 1.54) is 4.88 Å². The van der Waals surface area contributed by atoms with Crippen molar-refractivity contribution in [3.8, 4) is 10.7 Å². The summed E-state index contributed by atoms with van der Waals surface area (Å²) in [7, 11) is 0. The van der Waals surface area contributed by atoms with Crippen LogP contribution in [-0.4, -0.2) is 27.2 Å². The predicted molar refractivity (Wildman–Crippen MR) is 82.6 cm³/mol. The van der Waals surface area contributed by atoms with Crippen molar-refractivity contribution >= 4 is 11.3 Å². The van der Waals surface area contributed by atoms with Crippen LogP contribution < -0.4 is 5.32 Å². The van der Waals surface area contributed by atoms with Crippen molar-refractivity contribution in [2.45, 2.75) is 38.8 Å². The van der Waals surface area contributed by atoms with Gasteiger partial charge in [-0.3, -0.25) is 4.98 Å². The second-order valence-electron chi connectivity index (χ2n) is 5.09. The number of hydrogen-bond donors (Lipinski definition) is 2. The molecule has 0 aliphatic carbocycles. The fourth-order valence-electron chi connectivity index (χ4n) is 1.93. The molecule has 2 heterocycles. The number of aromatic nitrogens is 2. The molecule has 108 valence electrons. The molecule has 1 atom stereocenters. The smallest absolute Gasteiger partial charge is 0.142 e. The summed E-state index contributed by atoms with van der Waals surface area (Å²) in [5.41, 5.74) is 0.890. The largest absolute Gasteiger partial charge is 0.396 e. The average molecular weight is 291 g/mol. The summed E-state index contributed by atoms with van der Waals surface area (Å²) < 4.78 is 0. The Morgan fingerprint density at radius 1 is 1.35 bits per heavy atom. The zero-order chi connectivity index (χ0) is 14.4. The standard InChI is InChI=1S/C15H21N3OS/c1-3-15(2,7-9-19)18-11-12-10-17-14(20-12)13-6-4-5-8-16-13/h4-6,8,10,18-19H,3,7,9,11H2,1-2H3. The topological polar surface area (TPSA) is 58.0 Å². The Hall–Kier alpha value is -1.30. The van der Waals surface area contributed by atoms with E-state index in [2.05, 4.69) is 29.1 Å². The van der Waals surface area contributed by atoms with E-state index in [4.69, 9.17) is 5.11 Å². The summed E-state index contributed by atoms with van der Waals surface area (Å²) in [5, 5.41) is 13.6. The number of aliphatic hydroxyl groups is 1. The molecule has 0 saturated heterocycles. The molecule has 0 aliphatic rings. The molecule has 2 N–H and O–H groups in total. The van der Waals surface area contributed by atoms with Crippen molar-refractivity contribution in [2.24, 2.45) is 0 Å². The van der Waals surface area contributed by atoms with E-state index in [1.54, 1.807) is 17.5 Å². The number of hydrogen-bond acceptors (Lipinski definition) is 5. The summed E-state index contributed by atoms with van der Waals surface area (Å²) in [6.45, 7) is 5.26. The average Bonchev–Trinajstić information content (AvgIpc) is 2.95. The van der Waals surface area contributed by atoms with E-state index in [1.807, 2.05) is 24.4 Å². The molecular weight excluding hydrogens is 270 g/mol. The third kappa shape index (κ3) is 3.85. The van der Waals surface area contributed by atoms with E-state index in [9.17, 15) is 0 Å². The van der Waals surface area contributed by atoms with Gasteiger partial charge in [0.15, 0.2) is 0 Å². The Kier molecular flexibility index (Phi) is 5.23. The summed E-state index contributed by atoms with van der Waals surface area (Å²) in [6, 6.07) is 5.84. The molecule has 4 nitrogen and oxygen atoms in total. The molecule has 20 heavy (non-hydrogen) atoms. The zero-order valence-electron chi connectivity index (χ0n) is 12.0. The molecule has 2 aromatic heterocycles. The van der Waals surface area contributed by atoms with Gasteiger partial charge in [-0.25, -0.2) is 4.98 Å².